The molecule has 0 aliphatic rings. The van der Waals surface area contributed by atoms with Crippen molar-refractivity contribution in [2.45, 2.75) is 13.5 Å². The number of hydrogen-bond donors (Lipinski definition) is 0. The highest BCUT2D eigenvalue weighted by molar-refractivity contribution is 5.76. The maximum absolute atomic E-state index is 12.4. The van der Waals surface area contributed by atoms with Crippen LogP contribution in [0.1, 0.15) is 11.5 Å². The molecule has 4 rings (SSSR count). The van der Waals surface area contributed by atoms with Crippen LogP contribution in [0.2, 0.25) is 0 Å². The first-order valence-electron chi connectivity index (χ1n) is 6.73. The summed E-state index contributed by atoms with van der Waals surface area (Å²) in [5.41, 5.74) is 2.84. The Labute approximate surface area is 124 Å². The lowest BCUT2D eigenvalue weighted by atomic mass is 10.2. The van der Waals surface area contributed by atoms with Gasteiger partial charge in [-0.25, -0.2) is 19.9 Å². The number of aromatic nitrogens is 5. The van der Waals surface area contributed by atoms with Crippen LogP contribution in [0.15, 0.2) is 46.1 Å². The fourth-order valence-corrected chi connectivity index (χ4v) is 2.35. The molecule has 7 heteroatoms. The summed E-state index contributed by atoms with van der Waals surface area (Å²) in [4.78, 5) is 29.0. The smallest absolute Gasteiger partial charge is 0.281 e. The molecule has 4 aromatic rings. The highest BCUT2D eigenvalue weighted by Gasteiger charge is 2.11. The SMILES string of the molecule is Cc1cccc2oc(Cn3cnc4nccnc4c3=O)nc12. The van der Waals surface area contributed by atoms with Crippen molar-refractivity contribution in [1.82, 2.24) is 24.5 Å². The van der Waals surface area contributed by atoms with E-state index >= 15 is 0 Å². The monoisotopic (exact) mass is 293 g/mol. The highest BCUT2D eigenvalue weighted by Crippen LogP contribution is 2.19. The van der Waals surface area contributed by atoms with E-state index in [1.54, 1.807) is 0 Å². The normalized spacial score (nSPS) is 11.3. The molecule has 0 amide bonds. The Morgan fingerprint density at radius 3 is 2.86 bits per heavy atom. The van der Waals surface area contributed by atoms with Crippen LogP contribution in [0.5, 0.6) is 0 Å². The lowest BCUT2D eigenvalue weighted by molar-refractivity contribution is 0.503. The molecule has 0 atom stereocenters. The molecule has 0 unspecified atom stereocenters. The molecule has 0 fully saturated rings. The van der Waals surface area contributed by atoms with Crippen LogP contribution >= 0.6 is 0 Å². The molecule has 0 aliphatic carbocycles. The summed E-state index contributed by atoms with van der Waals surface area (Å²) in [6.45, 7) is 2.17. The quantitative estimate of drug-likeness (QED) is 0.559. The summed E-state index contributed by atoms with van der Waals surface area (Å²) in [6.07, 6.45) is 4.41. The standard InChI is InChI=1S/C15H11N5O2/c1-9-3-2-4-10-12(9)19-11(22-10)7-20-8-18-14-13(15(20)21)16-5-6-17-14/h2-6,8H,7H2,1H3. The second-order valence-electron chi connectivity index (χ2n) is 4.94. The molecule has 7 nitrogen and oxygen atoms in total. The van der Waals surface area contributed by atoms with Gasteiger partial charge < -0.3 is 4.42 Å². The van der Waals surface area contributed by atoms with Crippen molar-refractivity contribution in [1.29, 1.82) is 0 Å². The molecule has 0 N–H and O–H groups in total. The number of rotatable bonds is 2. The van der Waals surface area contributed by atoms with Crippen LogP contribution in [0.4, 0.5) is 0 Å². The van der Waals surface area contributed by atoms with Crippen LogP contribution in [0.25, 0.3) is 22.3 Å². The zero-order chi connectivity index (χ0) is 15.1. The molecule has 0 saturated heterocycles. The Bertz CT molecular complexity index is 1050. The van der Waals surface area contributed by atoms with Gasteiger partial charge in [0.2, 0.25) is 5.89 Å². The third kappa shape index (κ3) is 1.95. The van der Waals surface area contributed by atoms with Crippen molar-refractivity contribution in [2.24, 2.45) is 0 Å². The zero-order valence-corrected chi connectivity index (χ0v) is 11.7. The van der Waals surface area contributed by atoms with Crippen LogP contribution in [-0.4, -0.2) is 24.5 Å². The number of oxazole rings is 1. The van der Waals surface area contributed by atoms with Crippen molar-refractivity contribution in [3.63, 3.8) is 0 Å². The summed E-state index contributed by atoms with van der Waals surface area (Å²) >= 11 is 0. The van der Waals surface area contributed by atoms with E-state index in [2.05, 4.69) is 19.9 Å². The van der Waals surface area contributed by atoms with Gasteiger partial charge in [-0.1, -0.05) is 12.1 Å². The maximum Gasteiger partial charge on any atom is 0.281 e. The minimum atomic E-state index is -0.267. The average Bonchev–Trinajstić information content (AvgIpc) is 2.95. The van der Waals surface area contributed by atoms with Crippen molar-refractivity contribution >= 4 is 22.3 Å². The predicted octanol–water partition coefficient (Wildman–Crippen LogP) is 1.68. The highest BCUT2D eigenvalue weighted by atomic mass is 16.3. The Balaban J connectivity index is 1.81. The van der Waals surface area contributed by atoms with E-state index in [0.29, 0.717) is 17.1 Å². The van der Waals surface area contributed by atoms with E-state index in [1.165, 1.54) is 23.3 Å². The molecule has 108 valence electrons. The number of fused-ring (bicyclic) bond motifs is 2. The summed E-state index contributed by atoms with van der Waals surface area (Å²) < 4.78 is 7.10. The fraction of sp³-hybridized carbons (Fsp3) is 0.133. The van der Waals surface area contributed by atoms with Gasteiger partial charge in [0.15, 0.2) is 16.7 Å². The average molecular weight is 293 g/mol. The molecule has 0 saturated carbocycles. The van der Waals surface area contributed by atoms with Gasteiger partial charge >= 0.3 is 0 Å². The number of para-hydroxylation sites is 1. The zero-order valence-electron chi connectivity index (χ0n) is 11.7. The van der Waals surface area contributed by atoms with Gasteiger partial charge in [-0.2, -0.15) is 0 Å². The van der Waals surface area contributed by atoms with Gasteiger partial charge in [0.05, 0.1) is 0 Å². The third-order valence-electron chi connectivity index (χ3n) is 3.43. The second-order valence-corrected chi connectivity index (χ2v) is 4.94. The molecule has 0 bridgehead atoms. The van der Waals surface area contributed by atoms with Crippen molar-refractivity contribution in [3.8, 4) is 0 Å². The molecule has 3 aromatic heterocycles. The van der Waals surface area contributed by atoms with Crippen LogP contribution in [0.3, 0.4) is 0 Å². The van der Waals surface area contributed by atoms with Crippen LogP contribution in [-0.2, 0) is 6.54 Å². The van der Waals surface area contributed by atoms with Gasteiger partial charge in [0.1, 0.15) is 18.4 Å². The van der Waals surface area contributed by atoms with Crippen molar-refractivity contribution in [2.75, 3.05) is 0 Å². The van der Waals surface area contributed by atoms with Gasteiger partial charge in [-0.3, -0.25) is 9.36 Å². The van der Waals surface area contributed by atoms with Crippen LogP contribution < -0.4 is 5.56 Å². The van der Waals surface area contributed by atoms with E-state index in [-0.39, 0.29) is 17.6 Å². The lowest BCUT2D eigenvalue weighted by Gasteiger charge is -2.02. The molecule has 22 heavy (non-hydrogen) atoms. The largest absolute Gasteiger partial charge is 0.439 e. The first-order chi connectivity index (χ1) is 10.7. The topological polar surface area (TPSA) is 86.7 Å². The second kappa shape index (κ2) is 4.73. The van der Waals surface area contributed by atoms with Crippen molar-refractivity contribution in [3.05, 3.63) is 58.7 Å². The molecule has 3 heterocycles. The minimum Gasteiger partial charge on any atom is -0.439 e. The van der Waals surface area contributed by atoms with E-state index in [4.69, 9.17) is 4.42 Å². The molecular weight excluding hydrogens is 282 g/mol. The van der Waals surface area contributed by atoms with Crippen molar-refractivity contribution < 1.29 is 4.42 Å². The van der Waals surface area contributed by atoms with Gasteiger partial charge in [-0.15, -0.1) is 0 Å². The summed E-state index contributed by atoms with van der Waals surface area (Å²) in [7, 11) is 0. The summed E-state index contributed by atoms with van der Waals surface area (Å²) in [5.74, 6) is 0.455. The number of hydrogen-bond acceptors (Lipinski definition) is 6. The molecule has 0 aliphatic heterocycles. The molecular formula is C15H11N5O2. The van der Waals surface area contributed by atoms with Crippen LogP contribution in [0, 0.1) is 6.92 Å². The fourth-order valence-electron chi connectivity index (χ4n) is 2.35. The molecule has 0 spiro atoms. The van der Waals surface area contributed by atoms with E-state index in [1.807, 2.05) is 25.1 Å². The minimum absolute atomic E-state index is 0.201. The number of aryl methyl sites for hydroxylation is 1. The van der Waals surface area contributed by atoms with E-state index < -0.39 is 0 Å². The molecule has 1 aromatic carbocycles. The van der Waals surface area contributed by atoms with Gasteiger partial charge in [0.25, 0.3) is 5.56 Å². The van der Waals surface area contributed by atoms with E-state index in [9.17, 15) is 4.79 Å². The van der Waals surface area contributed by atoms with E-state index in [0.717, 1.165) is 11.1 Å². The molecule has 0 radical (unpaired) electrons. The van der Waals surface area contributed by atoms with Gasteiger partial charge in [-0.05, 0) is 18.6 Å². The van der Waals surface area contributed by atoms with Gasteiger partial charge in [0, 0.05) is 12.4 Å². The number of benzene rings is 1. The lowest BCUT2D eigenvalue weighted by Crippen LogP contribution is -2.22. The Morgan fingerprint density at radius 1 is 1.14 bits per heavy atom. The Morgan fingerprint density at radius 2 is 2.00 bits per heavy atom. The number of nitrogens with zero attached hydrogens (tertiary/aromatic N) is 5. The maximum atomic E-state index is 12.4. The Hall–Kier alpha value is -3.09. The first-order valence-corrected chi connectivity index (χ1v) is 6.73. The predicted molar refractivity (Wildman–Crippen MR) is 79.4 cm³/mol. The Kier molecular flexibility index (Phi) is 2.72. The summed E-state index contributed by atoms with van der Waals surface area (Å²) in [5, 5.41) is 0. The summed E-state index contributed by atoms with van der Waals surface area (Å²) in [6, 6.07) is 5.73. The third-order valence-corrected chi connectivity index (χ3v) is 3.43. The first kappa shape index (κ1) is 12.6.